The van der Waals surface area contributed by atoms with Crippen molar-refractivity contribution in [3.63, 3.8) is 0 Å². The first kappa shape index (κ1) is 11.3. The average molecular weight is 236 g/mol. The Labute approximate surface area is 89.6 Å². The van der Waals surface area contributed by atoms with Gasteiger partial charge in [-0.1, -0.05) is 0 Å². The van der Waals surface area contributed by atoms with Crippen molar-refractivity contribution in [3.8, 4) is 0 Å². The van der Waals surface area contributed by atoms with Gasteiger partial charge in [-0.25, -0.2) is 0 Å². The molecule has 0 saturated carbocycles. The highest BCUT2D eigenvalue weighted by Crippen LogP contribution is 2.17. The zero-order chi connectivity index (χ0) is 10.9. The van der Waals surface area contributed by atoms with Crippen molar-refractivity contribution < 1.29 is 18.3 Å². The topological polar surface area (TPSA) is 70.1 Å². The standard InChI is InChI=1S/C8H16N2O4S/c11-8-1-2-10(7-8)15(12,13)9-3-5-14-6-4-9/h8,11H,1-7H2/t8-/m0/s1. The van der Waals surface area contributed by atoms with Crippen molar-refractivity contribution in [2.45, 2.75) is 12.5 Å². The van der Waals surface area contributed by atoms with Crippen molar-refractivity contribution in [2.24, 2.45) is 0 Å². The van der Waals surface area contributed by atoms with Gasteiger partial charge in [-0.15, -0.1) is 0 Å². The monoisotopic (exact) mass is 236 g/mol. The summed E-state index contributed by atoms with van der Waals surface area (Å²) in [5.41, 5.74) is 0. The van der Waals surface area contributed by atoms with Crippen molar-refractivity contribution >= 4 is 10.2 Å². The van der Waals surface area contributed by atoms with E-state index in [1.807, 2.05) is 0 Å². The van der Waals surface area contributed by atoms with Crippen molar-refractivity contribution in [1.82, 2.24) is 8.61 Å². The third kappa shape index (κ3) is 2.31. The van der Waals surface area contributed by atoms with E-state index in [-0.39, 0.29) is 6.54 Å². The van der Waals surface area contributed by atoms with Gasteiger partial charge in [-0.2, -0.15) is 17.0 Å². The molecule has 88 valence electrons. The fraction of sp³-hybridized carbons (Fsp3) is 1.00. The summed E-state index contributed by atoms with van der Waals surface area (Å²) in [6.45, 7) is 2.37. The minimum atomic E-state index is -3.37. The van der Waals surface area contributed by atoms with Crippen LogP contribution in [0.3, 0.4) is 0 Å². The molecule has 0 spiro atoms. The van der Waals surface area contributed by atoms with Crippen molar-refractivity contribution in [3.05, 3.63) is 0 Å². The number of hydrogen-bond acceptors (Lipinski definition) is 4. The summed E-state index contributed by atoms with van der Waals surface area (Å²) in [6, 6.07) is 0. The van der Waals surface area contributed by atoms with Gasteiger partial charge in [0.25, 0.3) is 10.2 Å². The lowest BCUT2D eigenvalue weighted by Gasteiger charge is -2.29. The van der Waals surface area contributed by atoms with Crippen LogP contribution in [0.2, 0.25) is 0 Å². The Morgan fingerprint density at radius 3 is 2.33 bits per heavy atom. The predicted octanol–water partition coefficient (Wildman–Crippen LogP) is -1.37. The summed E-state index contributed by atoms with van der Waals surface area (Å²) in [4.78, 5) is 0. The Kier molecular flexibility index (Phi) is 3.27. The molecule has 0 amide bonds. The molecule has 15 heavy (non-hydrogen) atoms. The molecule has 2 fully saturated rings. The lowest BCUT2D eigenvalue weighted by Crippen LogP contribution is -2.48. The number of morpholine rings is 1. The normalized spacial score (nSPS) is 30.9. The van der Waals surface area contributed by atoms with Gasteiger partial charge < -0.3 is 9.84 Å². The predicted molar refractivity (Wildman–Crippen MR) is 53.5 cm³/mol. The highest BCUT2D eigenvalue weighted by Gasteiger charge is 2.35. The number of aliphatic hydroxyl groups excluding tert-OH is 1. The van der Waals surface area contributed by atoms with Crippen LogP contribution < -0.4 is 0 Å². The Morgan fingerprint density at radius 1 is 1.13 bits per heavy atom. The molecule has 2 saturated heterocycles. The van der Waals surface area contributed by atoms with E-state index in [4.69, 9.17) is 4.74 Å². The summed E-state index contributed by atoms with van der Waals surface area (Å²) in [5, 5.41) is 9.31. The maximum Gasteiger partial charge on any atom is 0.282 e. The second-order valence-corrected chi connectivity index (χ2v) is 5.75. The number of ether oxygens (including phenoxy) is 1. The molecular formula is C8H16N2O4S. The Balaban J connectivity index is 2.05. The minimum Gasteiger partial charge on any atom is -0.392 e. The molecule has 2 heterocycles. The quantitative estimate of drug-likeness (QED) is 0.642. The van der Waals surface area contributed by atoms with Crippen LogP contribution >= 0.6 is 0 Å². The first-order chi connectivity index (χ1) is 7.10. The van der Waals surface area contributed by atoms with E-state index in [0.717, 1.165) is 0 Å². The maximum atomic E-state index is 12.0. The zero-order valence-corrected chi connectivity index (χ0v) is 9.32. The minimum absolute atomic E-state index is 0.222. The van der Waals surface area contributed by atoms with Crippen LogP contribution in [0.5, 0.6) is 0 Å². The molecule has 1 N–H and O–H groups in total. The number of rotatable bonds is 2. The maximum absolute atomic E-state index is 12.0. The third-order valence-corrected chi connectivity index (χ3v) is 4.75. The highest BCUT2D eigenvalue weighted by atomic mass is 32.2. The van der Waals surface area contributed by atoms with E-state index in [0.29, 0.717) is 39.3 Å². The summed E-state index contributed by atoms with van der Waals surface area (Å²) in [6.07, 6.45) is 0.0182. The summed E-state index contributed by atoms with van der Waals surface area (Å²) in [5.74, 6) is 0. The van der Waals surface area contributed by atoms with Gasteiger partial charge in [-0.3, -0.25) is 0 Å². The van der Waals surface area contributed by atoms with E-state index in [9.17, 15) is 13.5 Å². The molecule has 0 aliphatic carbocycles. The smallest absolute Gasteiger partial charge is 0.282 e. The van der Waals surface area contributed by atoms with Gasteiger partial charge in [-0.05, 0) is 6.42 Å². The summed E-state index contributed by atoms with van der Waals surface area (Å²) in [7, 11) is -3.37. The number of hydrogen-bond donors (Lipinski definition) is 1. The zero-order valence-electron chi connectivity index (χ0n) is 8.50. The van der Waals surface area contributed by atoms with Crippen LogP contribution in [-0.2, 0) is 14.9 Å². The van der Waals surface area contributed by atoms with Crippen LogP contribution in [-0.4, -0.2) is 67.6 Å². The summed E-state index contributed by atoms with van der Waals surface area (Å²) >= 11 is 0. The molecule has 0 aromatic rings. The summed E-state index contributed by atoms with van der Waals surface area (Å²) < 4.78 is 31.9. The molecule has 0 aromatic carbocycles. The second-order valence-electron chi connectivity index (χ2n) is 3.82. The molecule has 2 aliphatic heterocycles. The third-order valence-electron chi connectivity index (χ3n) is 2.75. The van der Waals surface area contributed by atoms with Crippen LogP contribution in [0.25, 0.3) is 0 Å². The lowest BCUT2D eigenvalue weighted by molar-refractivity contribution is 0.0703. The lowest BCUT2D eigenvalue weighted by atomic mass is 10.3. The molecule has 6 nitrogen and oxygen atoms in total. The second kappa shape index (κ2) is 4.34. The number of β-amino-alcohol motifs (C(OH)–C–C–N with tert-alkyl or cyclic N) is 1. The Hall–Kier alpha value is -0.210. The van der Waals surface area contributed by atoms with E-state index in [2.05, 4.69) is 0 Å². The van der Waals surface area contributed by atoms with E-state index < -0.39 is 16.3 Å². The van der Waals surface area contributed by atoms with Gasteiger partial charge in [0, 0.05) is 26.2 Å². The van der Waals surface area contributed by atoms with Crippen molar-refractivity contribution in [2.75, 3.05) is 39.4 Å². The molecule has 0 unspecified atom stereocenters. The Bertz CT molecular complexity index is 302. The Morgan fingerprint density at radius 2 is 1.80 bits per heavy atom. The first-order valence-corrected chi connectivity index (χ1v) is 6.51. The molecule has 2 aliphatic rings. The average Bonchev–Trinajstić information content (AvgIpc) is 2.67. The van der Waals surface area contributed by atoms with Crippen LogP contribution in [0.15, 0.2) is 0 Å². The number of nitrogens with zero attached hydrogens (tertiary/aromatic N) is 2. The van der Waals surface area contributed by atoms with E-state index >= 15 is 0 Å². The van der Waals surface area contributed by atoms with Crippen molar-refractivity contribution in [1.29, 1.82) is 0 Å². The van der Waals surface area contributed by atoms with Crippen LogP contribution in [0.1, 0.15) is 6.42 Å². The van der Waals surface area contributed by atoms with Gasteiger partial charge >= 0.3 is 0 Å². The van der Waals surface area contributed by atoms with Gasteiger partial charge in [0.2, 0.25) is 0 Å². The molecular weight excluding hydrogens is 220 g/mol. The molecule has 0 radical (unpaired) electrons. The van der Waals surface area contributed by atoms with Gasteiger partial charge in [0.1, 0.15) is 0 Å². The molecule has 1 atom stereocenters. The number of aliphatic hydroxyl groups is 1. The first-order valence-electron chi connectivity index (χ1n) is 5.12. The van der Waals surface area contributed by atoms with Gasteiger partial charge in [0.05, 0.1) is 19.3 Å². The van der Waals surface area contributed by atoms with Crippen LogP contribution in [0.4, 0.5) is 0 Å². The molecule has 0 bridgehead atoms. The van der Waals surface area contributed by atoms with E-state index in [1.54, 1.807) is 0 Å². The molecule has 7 heteroatoms. The molecule has 2 rings (SSSR count). The fourth-order valence-electron chi connectivity index (χ4n) is 1.86. The fourth-order valence-corrected chi connectivity index (χ4v) is 3.49. The SMILES string of the molecule is O=S(=O)(N1CCOCC1)N1CC[C@H](O)C1. The van der Waals surface area contributed by atoms with E-state index in [1.165, 1.54) is 8.61 Å². The van der Waals surface area contributed by atoms with Crippen LogP contribution in [0, 0.1) is 0 Å². The molecule has 0 aromatic heterocycles. The largest absolute Gasteiger partial charge is 0.392 e. The highest BCUT2D eigenvalue weighted by molar-refractivity contribution is 7.86. The van der Waals surface area contributed by atoms with Gasteiger partial charge in [0.15, 0.2) is 0 Å².